The van der Waals surface area contributed by atoms with Crippen molar-refractivity contribution in [3.63, 3.8) is 0 Å². The fraction of sp³-hybridized carbons (Fsp3) is 0.333. The van der Waals surface area contributed by atoms with Crippen LogP contribution in [0.5, 0.6) is 0 Å². The van der Waals surface area contributed by atoms with Gasteiger partial charge in [-0.05, 0) is 36.2 Å². The van der Waals surface area contributed by atoms with E-state index in [1.54, 1.807) is 11.9 Å². The highest BCUT2D eigenvalue weighted by molar-refractivity contribution is 5.95. The van der Waals surface area contributed by atoms with Crippen molar-refractivity contribution >= 4 is 11.8 Å². The van der Waals surface area contributed by atoms with Crippen LogP contribution < -0.4 is 5.32 Å². The van der Waals surface area contributed by atoms with Crippen molar-refractivity contribution in [1.82, 2.24) is 15.1 Å². The predicted octanol–water partition coefficient (Wildman–Crippen LogP) is 1.94. The Kier molecular flexibility index (Phi) is 6.19. The number of nitrogens with zero attached hydrogens (tertiary/aromatic N) is 2. The van der Waals surface area contributed by atoms with E-state index in [1.165, 1.54) is 29.8 Å². The number of hydrogen-bond donors (Lipinski definition) is 1. The molecule has 1 saturated heterocycles. The van der Waals surface area contributed by atoms with Crippen LogP contribution in [0.15, 0.2) is 54.6 Å². The van der Waals surface area contributed by atoms with Crippen LogP contribution in [-0.4, -0.2) is 60.9 Å². The zero-order valence-corrected chi connectivity index (χ0v) is 15.4. The van der Waals surface area contributed by atoms with Crippen LogP contribution in [0, 0.1) is 5.82 Å². The first-order valence-electron chi connectivity index (χ1n) is 9.13. The number of rotatable bonds is 5. The molecular formula is C21H24FN3O2. The van der Waals surface area contributed by atoms with E-state index in [-0.39, 0.29) is 17.6 Å². The standard InChI is InChI=1S/C21H24FN3O2/c1-23-20(26)19-15-25(21(27)17-7-9-18(22)10-8-17)14-13-24(19)12-11-16-5-3-2-4-6-16/h2-10,19H,11-15H2,1H3,(H,23,26). The molecule has 1 heterocycles. The summed E-state index contributed by atoms with van der Waals surface area (Å²) < 4.78 is 13.1. The maximum Gasteiger partial charge on any atom is 0.253 e. The van der Waals surface area contributed by atoms with Gasteiger partial charge >= 0.3 is 0 Å². The third-order valence-electron chi connectivity index (χ3n) is 4.95. The number of carbonyl (C=O) groups is 2. The van der Waals surface area contributed by atoms with E-state index in [2.05, 4.69) is 22.3 Å². The predicted molar refractivity (Wildman–Crippen MR) is 102 cm³/mol. The summed E-state index contributed by atoms with van der Waals surface area (Å²) in [6.07, 6.45) is 0.847. The first kappa shape index (κ1) is 19.0. The van der Waals surface area contributed by atoms with Crippen molar-refractivity contribution in [3.05, 3.63) is 71.5 Å². The number of benzene rings is 2. The van der Waals surface area contributed by atoms with Crippen molar-refractivity contribution < 1.29 is 14.0 Å². The molecule has 1 unspecified atom stereocenters. The van der Waals surface area contributed by atoms with Gasteiger partial charge in [-0.3, -0.25) is 14.5 Å². The first-order valence-corrected chi connectivity index (χ1v) is 9.13. The maximum absolute atomic E-state index is 13.1. The fourth-order valence-electron chi connectivity index (χ4n) is 3.38. The highest BCUT2D eigenvalue weighted by Gasteiger charge is 2.33. The number of piperazine rings is 1. The molecule has 27 heavy (non-hydrogen) atoms. The lowest BCUT2D eigenvalue weighted by molar-refractivity contribution is -0.127. The normalized spacial score (nSPS) is 17.6. The average molecular weight is 369 g/mol. The Labute approximate surface area is 158 Å². The minimum Gasteiger partial charge on any atom is -0.358 e. The zero-order valence-electron chi connectivity index (χ0n) is 15.4. The molecule has 0 radical (unpaired) electrons. The minimum absolute atomic E-state index is 0.0975. The molecule has 0 bridgehead atoms. The van der Waals surface area contributed by atoms with Gasteiger partial charge in [0.05, 0.1) is 0 Å². The number of hydrogen-bond acceptors (Lipinski definition) is 3. The quantitative estimate of drug-likeness (QED) is 0.876. The van der Waals surface area contributed by atoms with Crippen molar-refractivity contribution in [2.45, 2.75) is 12.5 Å². The van der Waals surface area contributed by atoms with Crippen molar-refractivity contribution in [3.8, 4) is 0 Å². The van der Waals surface area contributed by atoms with Gasteiger partial charge in [-0.25, -0.2) is 4.39 Å². The van der Waals surface area contributed by atoms with Crippen LogP contribution in [-0.2, 0) is 11.2 Å². The summed E-state index contributed by atoms with van der Waals surface area (Å²) in [6.45, 7) is 2.24. The molecule has 1 N–H and O–H groups in total. The van der Waals surface area contributed by atoms with Crippen LogP contribution in [0.25, 0.3) is 0 Å². The molecule has 1 aliphatic heterocycles. The Hall–Kier alpha value is -2.73. The third-order valence-corrected chi connectivity index (χ3v) is 4.95. The lowest BCUT2D eigenvalue weighted by atomic mass is 10.1. The molecule has 2 aromatic rings. The molecule has 2 aromatic carbocycles. The van der Waals surface area contributed by atoms with Gasteiger partial charge in [0.15, 0.2) is 0 Å². The number of amides is 2. The molecule has 1 aliphatic rings. The largest absolute Gasteiger partial charge is 0.358 e. The van der Waals surface area contributed by atoms with E-state index < -0.39 is 6.04 Å². The molecule has 2 amide bonds. The van der Waals surface area contributed by atoms with E-state index in [4.69, 9.17) is 0 Å². The Morgan fingerprint density at radius 2 is 1.78 bits per heavy atom. The van der Waals surface area contributed by atoms with E-state index >= 15 is 0 Å². The second-order valence-corrected chi connectivity index (χ2v) is 6.66. The maximum atomic E-state index is 13.1. The summed E-state index contributed by atoms with van der Waals surface area (Å²) in [7, 11) is 1.61. The third kappa shape index (κ3) is 4.71. The molecular weight excluding hydrogens is 345 g/mol. The van der Waals surface area contributed by atoms with Gasteiger partial charge in [0.1, 0.15) is 11.9 Å². The van der Waals surface area contributed by atoms with Gasteiger partial charge in [-0.2, -0.15) is 0 Å². The Bertz CT molecular complexity index is 780. The van der Waals surface area contributed by atoms with Crippen LogP contribution in [0.2, 0.25) is 0 Å². The first-order chi connectivity index (χ1) is 13.1. The van der Waals surface area contributed by atoms with Gasteiger partial charge in [0.2, 0.25) is 5.91 Å². The molecule has 0 spiro atoms. The minimum atomic E-state index is -0.392. The van der Waals surface area contributed by atoms with Crippen LogP contribution in [0.4, 0.5) is 4.39 Å². The zero-order chi connectivity index (χ0) is 19.2. The van der Waals surface area contributed by atoms with E-state index in [9.17, 15) is 14.0 Å². The Balaban J connectivity index is 1.67. The Morgan fingerprint density at radius 3 is 2.44 bits per heavy atom. The molecule has 1 fully saturated rings. The number of likely N-dealkylation sites (N-methyl/N-ethyl adjacent to an activating group) is 1. The summed E-state index contributed by atoms with van der Waals surface area (Å²) in [5.41, 5.74) is 1.66. The SMILES string of the molecule is CNC(=O)C1CN(C(=O)c2ccc(F)cc2)CCN1CCc1ccccc1. The number of halogens is 1. The van der Waals surface area contributed by atoms with Gasteiger partial charge in [-0.1, -0.05) is 30.3 Å². The summed E-state index contributed by atoms with van der Waals surface area (Å²) in [4.78, 5) is 28.9. The molecule has 0 aliphatic carbocycles. The second kappa shape index (κ2) is 8.77. The van der Waals surface area contributed by atoms with Crippen molar-refractivity contribution in [2.75, 3.05) is 33.2 Å². The molecule has 1 atom stereocenters. The van der Waals surface area contributed by atoms with E-state index in [0.717, 1.165) is 13.0 Å². The fourth-order valence-corrected chi connectivity index (χ4v) is 3.38. The van der Waals surface area contributed by atoms with Crippen LogP contribution in [0.3, 0.4) is 0 Å². The summed E-state index contributed by atoms with van der Waals surface area (Å²) in [6, 6.07) is 15.3. The highest BCUT2D eigenvalue weighted by atomic mass is 19.1. The van der Waals surface area contributed by atoms with Gasteiger partial charge in [0.25, 0.3) is 5.91 Å². The van der Waals surface area contributed by atoms with Crippen LogP contribution >= 0.6 is 0 Å². The average Bonchev–Trinajstić information content (AvgIpc) is 2.72. The lowest BCUT2D eigenvalue weighted by Gasteiger charge is -2.40. The van der Waals surface area contributed by atoms with E-state index in [0.29, 0.717) is 25.2 Å². The summed E-state index contributed by atoms with van der Waals surface area (Å²) in [5.74, 6) is -0.646. The van der Waals surface area contributed by atoms with Crippen molar-refractivity contribution in [1.29, 1.82) is 0 Å². The monoisotopic (exact) mass is 369 g/mol. The van der Waals surface area contributed by atoms with Gasteiger partial charge in [-0.15, -0.1) is 0 Å². The molecule has 0 saturated carbocycles. The summed E-state index contributed by atoms with van der Waals surface area (Å²) >= 11 is 0. The smallest absolute Gasteiger partial charge is 0.253 e. The van der Waals surface area contributed by atoms with Gasteiger partial charge in [0, 0.05) is 38.8 Å². The number of nitrogens with one attached hydrogen (secondary N) is 1. The van der Waals surface area contributed by atoms with Crippen molar-refractivity contribution in [2.24, 2.45) is 0 Å². The second-order valence-electron chi connectivity index (χ2n) is 6.66. The topological polar surface area (TPSA) is 52.7 Å². The highest BCUT2D eigenvalue weighted by Crippen LogP contribution is 2.15. The molecule has 3 rings (SSSR count). The molecule has 5 nitrogen and oxygen atoms in total. The van der Waals surface area contributed by atoms with E-state index in [1.807, 2.05) is 18.2 Å². The molecule has 6 heteroatoms. The lowest BCUT2D eigenvalue weighted by Crippen LogP contribution is -2.60. The summed E-state index contributed by atoms with van der Waals surface area (Å²) in [5, 5.41) is 2.70. The van der Waals surface area contributed by atoms with Crippen LogP contribution in [0.1, 0.15) is 15.9 Å². The van der Waals surface area contributed by atoms with Gasteiger partial charge < -0.3 is 10.2 Å². The molecule has 0 aromatic heterocycles. The number of carbonyl (C=O) groups excluding carboxylic acids is 2. The Morgan fingerprint density at radius 1 is 1.07 bits per heavy atom. The molecule has 142 valence electrons.